The average molecular weight is 416 g/mol. The Morgan fingerprint density at radius 3 is 2.53 bits per heavy atom. The molecule has 8 nitrogen and oxygen atoms in total. The van der Waals surface area contributed by atoms with Crippen molar-refractivity contribution in [2.24, 2.45) is 0 Å². The molecule has 1 saturated heterocycles. The second-order valence-corrected chi connectivity index (χ2v) is 8.38. The molecule has 2 heterocycles. The number of likely N-dealkylation sites (tertiary alicyclic amines) is 1. The molecule has 8 heteroatoms. The van der Waals surface area contributed by atoms with Crippen molar-refractivity contribution in [2.75, 3.05) is 0 Å². The van der Waals surface area contributed by atoms with Gasteiger partial charge in [0.15, 0.2) is 6.23 Å². The lowest BCUT2D eigenvalue weighted by atomic mass is 10.1. The van der Waals surface area contributed by atoms with Crippen LogP contribution in [0.25, 0.3) is 0 Å². The van der Waals surface area contributed by atoms with Gasteiger partial charge in [-0.15, -0.1) is 0 Å². The van der Waals surface area contributed by atoms with Crippen LogP contribution in [0, 0.1) is 0 Å². The molecule has 1 aromatic carbocycles. The molecule has 162 valence electrons. The van der Waals surface area contributed by atoms with Crippen LogP contribution in [-0.2, 0) is 30.5 Å². The van der Waals surface area contributed by atoms with E-state index in [1.54, 1.807) is 39.8 Å². The second kappa shape index (κ2) is 8.87. The number of rotatable bonds is 4. The van der Waals surface area contributed by atoms with Gasteiger partial charge in [0.25, 0.3) is 0 Å². The van der Waals surface area contributed by atoms with Gasteiger partial charge in [0.05, 0.1) is 6.04 Å². The van der Waals surface area contributed by atoms with E-state index < -0.39 is 29.9 Å². The summed E-state index contributed by atoms with van der Waals surface area (Å²) in [7, 11) is 0. The lowest BCUT2D eigenvalue weighted by Crippen LogP contribution is -2.53. The van der Waals surface area contributed by atoms with E-state index in [-0.39, 0.29) is 25.0 Å². The highest BCUT2D eigenvalue weighted by Gasteiger charge is 2.44. The molecule has 1 aromatic rings. The number of esters is 1. The number of carbonyl (C=O) groups excluding carboxylic acids is 3. The van der Waals surface area contributed by atoms with E-state index in [4.69, 9.17) is 14.3 Å². The monoisotopic (exact) mass is 416 g/mol. The van der Waals surface area contributed by atoms with Gasteiger partial charge in [-0.2, -0.15) is 5.06 Å². The molecule has 3 atom stereocenters. The summed E-state index contributed by atoms with van der Waals surface area (Å²) in [5.74, 6) is -0.713. The highest BCUT2D eigenvalue weighted by Crippen LogP contribution is 2.28. The van der Waals surface area contributed by atoms with E-state index in [0.717, 1.165) is 10.6 Å². The van der Waals surface area contributed by atoms with Crippen molar-refractivity contribution >= 4 is 18.0 Å². The van der Waals surface area contributed by atoms with E-state index in [0.29, 0.717) is 6.42 Å². The predicted octanol–water partition coefficient (Wildman–Crippen LogP) is 3.17. The first-order valence-electron chi connectivity index (χ1n) is 10.0. The van der Waals surface area contributed by atoms with Crippen LogP contribution in [-0.4, -0.2) is 51.8 Å². The van der Waals surface area contributed by atoms with E-state index in [2.05, 4.69) is 0 Å². The molecule has 0 bridgehead atoms. The van der Waals surface area contributed by atoms with E-state index >= 15 is 0 Å². The Hall–Kier alpha value is -2.87. The minimum absolute atomic E-state index is 0.101. The molecule has 0 aliphatic carbocycles. The third-order valence-corrected chi connectivity index (χ3v) is 4.74. The van der Waals surface area contributed by atoms with Crippen molar-refractivity contribution in [2.45, 2.75) is 71.1 Å². The lowest BCUT2D eigenvalue weighted by Gasteiger charge is -2.38. The fourth-order valence-electron chi connectivity index (χ4n) is 3.34. The van der Waals surface area contributed by atoms with Crippen LogP contribution >= 0.6 is 0 Å². The summed E-state index contributed by atoms with van der Waals surface area (Å²) in [6.07, 6.45) is 2.42. The standard InChI is InChI=1S/C22H28N2O6/c1-15-10-13-19(23-17(11-12-18(23)25)20(26)29-22(2,3)4)30-24(15)21(27)28-14-16-8-6-5-7-9-16/h5-10,13,15,17,19H,11-12,14H2,1-4H3/t15-,17-,19-/m0/s1. The molecular formula is C22H28N2O6. The number of benzene rings is 1. The molecule has 2 aliphatic rings. The van der Waals surface area contributed by atoms with E-state index in [9.17, 15) is 14.4 Å². The molecule has 0 spiro atoms. The van der Waals surface area contributed by atoms with Gasteiger partial charge in [-0.05, 0) is 45.8 Å². The number of ether oxygens (including phenoxy) is 2. The van der Waals surface area contributed by atoms with Crippen molar-refractivity contribution in [1.29, 1.82) is 0 Å². The summed E-state index contributed by atoms with van der Waals surface area (Å²) in [4.78, 5) is 44.8. The number of hydrogen-bond acceptors (Lipinski definition) is 6. The van der Waals surface area contributed by atoms with Gasteiger partial charge in [-0.25, -0.2) is 14.4 Å². The zero-order valence-corrected chi connectivity index (χ0v) is 17.7. The summed E-state index contributed by atoms with van der Waals surface area (Å²) in [6.45, 7) is 7.19. The molecule has 2 aliphatic heterocycles. The Morgan fingerprint density at radius 1 is 1.17 bits per heavy atom. The maximum atomic E-state index is 12.6. The molecule has 3 rings (SSSR count). The number of amides is 2. The van der Waals surface area contributed by atoms with Gasteiger partial charge in [-0.3, -0.25) is 9.69 Å². The Labute approximate surface area is 176 Å². The maximum absolute atomic E-state index is 12.6. The van der Waals surface area contributed by atoms with Gasteiger partial charge >= 0.3 is 12.1 Å². The van der Waals surface area contributed by atoms with Crippen molar-refractivity contribution in [3.05, 3.63) is 48.0 Å². The molecule has 0 aromatic heterocycles. The summed E-state index contributed by atoms with van der Waals surface area (Å²) < 4.78 is 10.8. The van der Waals surface area contributed by atoms with Crippen LogP contribution in [0.1, 0.15) is 46.1 Å². The number of nitrogens with zero attached hydrogens (tertiary/aromatic N) is 2. The third kappa shape index (κ3) is 5.18. The summed E-state index contributed by atoms with van der Waals surface area (Å²) in [6, 6.07) is 8.15. The predicted molar refractivity (Wildman–Crippen MR) is 108 cm³/mol. The van der Waals surface area contributed by atoms with Crippen LogP contribution < -0.4 is 0 Å². The first kappa shape index (κ1) is 21.8. The van der Waals surface area contributed by atoms with E-state index in [1.807, 2.05) is 30.3 Å². The van der Waals surface area contributed by atoms with Crippen LogP contribution in [0.4, 0.5) is 4.79 Å². The fraction of sp³-hybridized carbons (Fsp3) is 0.500. The van der Waals surface area contributed by atoms with Crippen LogP contribution in [0.2, 0.25) is 0 Å². The molecule has 30 heavy (non-hydrogen) atoms. The third-order valence-electron chi connectivity index (χ3n) is 4.74. The Balaban J connectivity index is 1.68. The largest absolute Gasteiger partial charge is 0.458 e. The molecular weight excluding hydrogens is 388 g/mol. The smallest absolute Gasteiger partial charge is 0.434 e. The average Bonchev–Trinajstić information content (AvgIpc) is 3.08. The Bertz CT molecular complexity index is 817. The van der Waals surface area contributed by atoms with Gasteiger partial charge < -0.3 is 9.47 Å². The van der Waals surface area contributed by atoms with Crippen molar-refractivity contribution in [1.82, 2.24) is 9.96 Å². The number of hydroxylamine groups is 2. The zero-order chi connectivity index (χ0) is 21.9. The van der Waals surface area contributed by atoms with Crippen LogP contribution in [0.3, 0.4) is 0 Å². The molecule has 1 fully saturated rings. The van der Waals surface area contributed by atoms with Gasteiger partial charge in [-0.1, -0.05) is 36.4 Å². The first-order chi connectivity index (χ1) is 14.2. The molecule has 2 amide bonds. The number of hydrogen-bond donors (Lipinski definition) is 0. The van der Waals surface area contributed by atoms with E-state index in [1.165, 1.54) is 4.90 Å². The topological polar surface area (TPSA) is 85.4 Å². The van der Waals surface area contributed by atoms with Crippen LogP contribution in [0.15, 0.2) is 42.5 Å². The zero-order valence-electron chi connectivity index (χ0n) is 17.7. The minimum atomic E-state index is -0.891. The lowest BCUT2D eigenvalue weighted by molar-refractivity contribution is -0.224. The molecule has 0 radical (unpaired) electrons. The second-order valence-electron chi connectivity index (χ2n) is 8.38. The van der Waals surface area contributed by atoms with Crippen molar-refractivity contribution in [3.8, 4) is 0 Å². The fourth-order valence-corrected chi connectivity index (χ4v) is 3.34. The molecule has 0 saturated carbocycles. The van der Waals surface area contributed by atoms with Crippen molar-refractivity contribution in [3.63, 3.8) is 0 Å². The minimum Gasteiger partial charge on any atom is -0.458 e. The van der Waals surface area contributed by atoms with Gasteiger partial charge in [0, 0.05) is 6.42 Å². The Morgan fingerprint density at radius 2 is 1.87 bits per heavy atom. The highest BCUT2D eigenvalue weighted by atomic mass is 16.7. The summed E-state index contributed by atoms with van der Waals surface area (Å²) in [5.41, 5.74) is 0.182. The maximum Gasteiger partial charge on any atom is 0.434 e. The SMILES string of the molecule is C[C@H]1C=C[C@@H](N2C(=O)CC[C@H]2C(=O)OC(C)(C)C)ON1C(=O)OCc1ccccc1. The highest BCUT2D eigenvalue weighted by molar-refractivity contribution is 5.88. The quantitative estimate of drug-likeness (QED) is 0.554. The molecule has 0 N–H and O–H groups in total. The summed E-state index contributed by atoms with van der Waals surface area (Å²) >= 11 is 0. The first-order valence-corrected chi connectivity index (χ1v) is 10.0. The normalized spacial score (nSPS) is 24.1. The van der Waals surface area contributed by atoms with Crippen LogP contribution in [0.5, 0.6) is 0 Å². The molecule has 0 unspecified atom stereocenters. The van der Waals surface area contributed by atoms with Crippen molar-refractivity contribution < 1.29 is 28.7 Å². The summed E-state index contributed by atoms with van der Waals surface area (Å²) in [5, 5.41) is 1.09. The number of carbonyl (C=O) groups is 3. The van der Waals surface area contributed by atoms with Gasteiger partial charge in [0.2, 0.25) is 5.91 Å². The Kier molecular flexibility index (Phi) is 6.45. The van der Waals surface area contributed by atoms with Gasteiger partial charge in [0.1, 0.15) is 18.2 Å².